The number of amides is 1. The van der Waals surface area contributed by atoms with Gasteiger partial charge in [0.2, 0.25) is 0 Å². The minimum absolute atomic E-state index is 0.0233. The van der Waals surface area contributed by atoms with Crippen molar-refractivity contribution in [1.82, 2.24) is 5.32 Å². The Hall–Kier alpha value is -1.55. The topological polar surface area (TPSA) is 64.4 Å². The fraction of sp³-hybridized carbons (Fsp3) is 0.533. The molecule has 1 saturated heterocycles. The number of nitrogens with two attached hydrogens (primary N) is 1. The first kappa shape index (κ1) is 12.5. The first-order valence-electron chi connectivity index (χ1n) is 7.02. The molecule has 1 aromatic rings. The summed E-state index contributed by atoms with van der Waals surface area (Å²) >= 11 is 0. The van der Waals surface area contributed by atoms with E-state index < -0.39 is 0 Å². The van der Waals surface area contributed by atoms with Crippen molar-refractivity contribution in [2.75, 3.05) is 12.3 Å². The first-order valence-corrected chi connectivity index (χ1v) is 7.02. The Bertz CT molecular complexity index is 475. The molecule has 2 aliphatic rings. The van der Waals surface area contributed by atoms with Crippen molar-refractivity contribution in [2.24, 2.45) is 5.92 Å². The second kappa shape index (κ2) is 5.21. The van der Waals surface area contributed by atoms with Crippen LogP contribution in [0.2, 0.25) is 0 Å². The third kappa shape index (κ3) is 2.59. The molecule has 4 heteroatoms. The van der Waals surface area contributed by atoms with E-state index in [1.165, 1.54) is 0 Å². The highest BCUT2D eigenvalue weighted by Gasteiger charge is 2.38. The van der Waals surface area contributed by atoms with Gasteiger partial charge in [0, 0.05) is 29.8 Å². The van der Waals surface area contributed by atoms with Gasteiger partial charge in [0.15, 0.2) is 0 Å². The molecule has 1 heterocycles. The van der Waals surface area contributed by atoms with Crippen molar-refractivity contribution in [2.45, 2.75) is 37.8 Å². The highest BCUT2D eigenvalue weighted by molar-refractivity contribution is 5.95. The predicted octanol–water partition coefficient (Wildman–Crippen LogP) is 1.96. The number of fused-ring (bicyclic) bond motifs is 1. The molecule has 3 unspecified atom stereocenters. The Morgan fingerprint density at radius 3 is 3.05 bits per heavy atom. The molecule has 1 aliphatic heterocycles. The molecule has 0 aromatic heterocycles. The second-order valence-corrected chi connectivity index (χ2v) is 5.50. The van der Waals surface area contributed by atoms with Gasteiger partial charge in [-0.05, 0) is 43.9 Å². The van der Waals surface area contributed by atoms with E-state index in [1.807, 2.05) is 6.07 Å². The van der Waals surface area contributed by atoms with Crippen molar-refractivity contribution >= 4 is 11.6 Å². The molecule has 102 valence electrons. The molecule has 3 rings (SSSR count). The van der Waals surface area contributed by atoms with Gasteiger partial charge in [-0.1, -0.05) is 6.07 Å². The van der Waals surface area contributed by atoms with Crippen molar-refractivity contribution in [3.8, 4) is 0 Å². The maximum atomic E-state index is 12.2. The fourth-order valence-electron chi connectivity index (χ4n) is 3.29. The van der Waals surface area contributed by atoms with E-state index in [1.54, 1.807) is 18.2 Å². The Kier molecular flexibility index (Phi) is 3.42. The number of hydrogen-bond donors (Lipinski definition) is 2. The van der Waals surface area contributed by atoms with Crippen LogP contribution in [0.5, 0.6) is 0 Å². The molecule has 0 spiro atoms. The number of carbonyl (C=O) groups excluding carboxylic acids is 1. The maximum absolute atomic E-state index is 12.2. The Morgan fingerprint density at radius 1 is 1.32 bits per heavy atom. The van der Waals surface area contributed by atoms with Gasteiger partial charge in [-0.25, -0.2) is 0 Å². The van der Waals surface area contributed by atoms with E-state index >= 15 is 0 Å². The number of hydrogen-bond acceptors (Lipinski definition) is 3. The summed E-state index contributed by atoms with van der Waals surface area (Å²) in [5.41, 5.74) is 6.98. The van der Waals surface area contributed by atoms with E-state index in [-0.39, 0.29) is 11.9 Å². The van der Waals surface area contributed by atoms with Crippen molar-refractivity contribution in [3.05, 3.63) is 29.8 Å². The van der Waals surface area contributed by atoms with Crippen molar-refractivity contribution in [1.29, 1.82) is 0 Å². The molecule has 3 atom stereocenters. The smallest absolute Gasteiger partial charge is 0.251 e. The highest BCUT2D eigenvalue weighted by Crippen LogP contribution is 2.34. The van der Waals surface area contributed by atoms with Crippen LogP contribution in [-0.2, 0) is 4.74 Å². The van der Waals surface area contributed by atoms with Gasteiger partial charge in [0.25, 0.3) is 5.91 Å². The zero-order valence-corrected chi connectivity index (χ0v) is 11.0. The summed E-state index contributed by atoms with van der Waals surface area (Å²) in [5, 5.41) is 3.16. The molecule has 4 nitrogen and oxygen atoms in total. The minimum Gasteiger partial charge on any atom is -0.399 e. The lowest BCUT2D eigenvalue weighted by atomic mass is 9.81. The average molecular weight is 260 g/mol. The predicted molar refractivity (Wildman–Crippen MR) is 73.8 cm³/mol. The molecule has 0 radical (unpaired) electrons. The lowest BCUT2D eigenvalue weighted by Crippen LogP contribution is -2.45. The van der Waals surface area contributed by atoms with Gasteiger partial charge >= 0.3 is 0 Å². The number of benzene rings is 1. The van der Waals surface area contributed by atoms with Crippen LogP contribution in [0, 0.1) is 5.92 Å². The average Bonchev–Trinajstić information content (AvgIpc) is 2.88. The molecule has 1 aromatic carbocycles. The largest absolute Gasteiger partial charge is 0.399 e. The lowest BCUT2D eigenvalue weighted by Gasteiger charge is -2.33. The van der Waals surface area contributed by atoms with Crippen LogP contribution in [0.3, 0.4) is 0 Å². The molecule has 1 aliphatic carbocycles. The van der Waals surface area contributed by atoms with Crippen molar-refractivity contribution < 1.29 is 9.53 Å². The normalized spacial score (nSPS) is 29.8. The van der Waals surface area contributed by atoms with Gasteiger partial charge in [0.05, 0.1) is 6.10 Å². The monoisotopic (exact) mass is 260 g/mol. The SMILES string of the molecule is Nc1cccc(C(=O)NC2CCCC3OCCC23)c1. The van der Waals surface area contributed by atoms with Gasteiger partial charge in [0.1, 0.15) is 0 Å². The molecular formula is C15H20N2O2. The van der Waals surface area contributed by atoms with Crippen LogP contribution >= 0.6 is 0 Å². The third-order valence-corrected chi connectivity index (χ3v) is 4.25. The molecule has 3 N–H and O–H groups in total. The van der Waals surface area contributed by atoms with Gasteiger partial charge < -0.3 is 15.8 Å². The van der Waals surface area contributed by atoms with Crippen LogP contribution in [0.1, 0.15) is 36.0 Å². The third-order valence-electron chi connectivity index (χ3n) is 4.25. The maximum Gasteiger partial charge on any atom is 0.251 e. The number of rotatable bonds is 2. The van der Waals surface area contributed by atoms with Crippen LogP contribution in [0.4, 0.5) is 5.69 Å². The summed E-state index contributed by atoms with van der Waals surface area (Å²) in [4.78, 5) is 12.2. The molecular weight excluding hydrogens is 240 g/mol. The van der Waals surface area contributed by atoms with Crippen LogP contribution < -0.4 is 11.1 Å². The van der Waals surface area contributed by atoms with Gasteiger partial charge in [-0.3, -0.25) is 4.79 Å². The summed E-state index contributed by atoms with van der Waals surface area (Å²) in [5.74, 6) is 0.462. The number of carbonyl (C=O) groups is 1. The highest BCUT2D eigenvalue weighted by atomic mass is 16.5. The van der Waals surface area contributed by atoms with E-state index in [4.69, 9.17) is 10.5 Å². The summed E-state index contributed by atoms with van der Waals surface area (Å²) in [6.45, 7) is 0.833. The number of nitrogens with one attached hydrogen (secondary N) is 1. The Labute approximate surface area is 113 Å². The van der Waals surface area contributed by atoms with E-state index in [0.717, 1.165) is 32.3 Å². The van der Waals surface area contributed by atoms with E-state index in [2.05, 4.69) is 5.32 Å². The van der Waals surface area contributed by atoms with Crippen LogP contribution in [0.25, 0.3) is 0 Å². The second-order valence-electron chi connectivity index (χ2n) is 5.50. The molecule has 2 fully saturated rings. The Morgan fingerprint density at radius 2 is 2.21 bits per heavy atom. The van der Waals surface area contributed by atoms with E-state index in [9.17, 15) is 4.79 Å². The quantitative estimate of drug-likeness (QED) is 0.799. The number of ether oxygens (including phenoxy) is 1. The minimum atomic E-state index is -0.0233. The molecule has 19 heavy (non-hydrogen) atoms. The van der Waals surface area contributed by atoms with Crippen LogP contribution in [-0.4, -0.2) is 24.7 Å². The standard InChI is InChI=1S/C15H20N2O2/c16-11-4-1-3-10(9-11)15(18)17-13-5-2-6-14-12(13)7-8-19-14/h1,3-4,9,12-14H,2,5-8,16H2,(H,17,18). The summed E-state index contributed by atoms with van der Waals surface area (Å²) in [6, 6.07) is 7.37. The van der Waals surface area contributed by atoms with Gasteiger partial charge in [-0.2, -0.15) is 0 Å². The molecule has 0 bridgehead atoms. The first-order chi connectivity index (χ1) is 9.24. The fourth-order valence-corrected chi connectivity index (χ4v) is 3.29. The molecule has 1 amide bonds. The van der Waals surface area contributed by atoms with Crippen molar-refractivity contribution in [3.63, 3.8) is 0 Å². The molecule has 1 saturated carbocycles. The number of anilines is 1. The van der Waals surface area contributed by atoms with E-state index in [0.29, 0.717) is 23.3 Å². The zero-order valence-electron chi connectivity index (χ0n) is 11.0. The zero-order chi connectivity index (χ0) is 13.2. The van der Waals surface area contributed by atoms with Gasteiger partial charge in [-0.15, -0.1) is 0 Å². The number of nitrogen functional groups attached to an aromatic ring is 1. The Balaban J connectivity index is 1.69. The summed E-state index contributed by atoms with van der Waals surface area (Å²) in [7, 11) is 0. The van der Waals surface area contributed by atoms with Crippen LogP contribution in [0.15, 0.2) is 24.3 Å². The summed E-state index contributed by atoms with van der Waals surface area (Å²) < 4.78 is 5.72. The lowest BCUT2D eigenvalue weighted by molar-refractivity contribution is 0.0510. The summed E-state index contributed by atoms with van der Waals surface area (Å²) in [6.07, 6.45) is 4.73.